The summed E-state index contributed by atoms with van der Waals surface area (Å²) >= 11 is 0. The molecule has 2 unspecified atom stereocenters. The van der Waals surface area contributed by atoms with E-state index in [1.807, 2.05) is 18.7 Å². The van der Waals surface area contributed by atoms with Gasteiger partial charge in [0.2, 0.25) is 0 Å². The number of nitrogens with zero attached hydrogens (tertiary/aromatic N) is 3. The Morgan fingerprint density at radius 3 is 3.06 bits per heavy atom. The van der Waals surface area contributed by atoms with E-state index in [0.29, 0.717) is 12.0 Å². The van der Waals surface area contributed by atoms with Gasteiger partial charge in [0.25, 0.3) is 0 Å². The van der Waals surface area contributed by atoms with E-state index in [1.165, 1.54) is 19.4 Å². The van der Waals surface area contributed by atoms with Gasteiger partial charge in [0, 0.05) is 38.1 Å². The third kappa shape index (κ3) is 3.06. The minimum Gasteiger partial charge on any atom is -0.336 e. The van der Waals surface area contributed by atoms with Crippen LogP contribution in [0, 0.1) is 5.92 Å². The molecule has 16 heavy (non-hydrogen) atoms. The van der Waals surface area contributed by atoms with Crippen molar-refractivity contribution < 1.29 is 0 Å². The molecule has 0 bridgehead atoms. The zero-order valence-corrected chi connectivity index (χ0v) is 10.0. The Morgan fingerprint density at radius 1 is 1.50 bits per heavy atom. The molecule has 0 radical (unpaired) electrons. The first-order valence-electron chi connectivity index (χ1n) is 6.19. The van der Waals surface area contributed by atoms with Crippen LogP contribution in [0.4, 0.5) is 0 Å². The molecule has 0 aliphatic carbocycles. The molecule has 2 heterocycles. The van der Waals surface area contributed by atoms with Crippen LogP contribution in [0.25, 0.3) is 0 Å². The predicted molar refractivity (Wildman–Crippen MR) is 65.0 cm³/mol. The van der Waals surface area contributed by atoms with Gasteiger partial charge in [-0.1, -0.05) is 0 Å². The van der Waals surface area contributed by atoms with Gasteiger partial charge in [-0.05, 0) is 32.2 Å². The number of imidazole rings is 1. The number of likely N-dealkylation sites (tertiary alicyclic amines) is 1. The van der Waals surface area contributed by atoms with Crippen molar-refractivity contribution in [3.63, 3.8) is 0 Å². The highest BCUT2D eigenvalue weighted by Gasteiger charge is 2.22. The quantitative estimate of drug-likeness (QED) is 0.825. The Labute approximate surface area is 97.4 Å². The first kappa shape index (κ1) is 11.6. The van der Waals surface area contributed by atoms with E-state index in [-0.39, 0.29) is 0 Å². The van der Waals surface area contributed by atoms with E-state index in [2.05, 4.69) is 21.4 Å². The van der Waals surface area contributed by atoms with Crippen molar-refractivity contribution in [2.75, 3.05) is 19.6 Å². The highest BCUT2D eigenvalue weighted by molar-refractivity contribution is 4.79. The van der Waals surface area contributed by atoms with Crippen LogP contribution in [0.15, 0.2) is 18.7 Å². The summed E-state index contributed by atoms with van der Waals surface area (Å²) in [7, 11) is 0. The lowest BCUT2D eigenvalue weighted by Gasteiger charge is -2.34. The lowest BCUT2D eigenvalue weighted by atomic mass is 9.92. The average Bonchev–Trinajstić information content (AvgIpc) is 2.79. The van der Waals surface area contributed by atoms with E-state index >= 15 is 0 Å². The molecule has 4 nitrogen and oxygen atoms in total. The summed E-state index contributed by atoms with van der Waals surface area (Å²) in [5.74, 6) is 0.677. The number of piperidine rings is 1. The van der Waals surface area contributed by atoms with E-state index in [0.717, 1.165) is 19.6 Å². The maximum atomic E-state index is 5.98. The number of rotatable bonds is 4. The molecule has 4 heteroatoms. The van der Waals surface area contributed by atoms with Crippen molar-refractivity contribution in [1.29, 1.82) is 0 Å². The molecule has 1 aliphatic rings. The molecular weight excluding hydrogens is 200 g/mol. The van der Waals surface area contributed by atoms with Gasteiger partial charge in [0.05, 0.1) is 6.33 Å². The van der Waals surface area contributed by atoms with Gasteiger partial charge < -0.3 is 15.2 Å². The van der Waals surface area contributed by atoms with Crippen molar-refractivity contribution in [3.8, 4) is 0 Å². The number of hydrogen-bond acceptors (Lipinski definition) is 3. The Morgan fingerprint density at radius 2 is 2.38 bits per heavy atom. The normalized spacial score (nSPS) is 24.5. The maximum absolute atomic E-state index is 5.98. The van der Waals surface area contributed by atoms with Crippen molar-refractivity contribution in [2.45, 2.75) is 32.4 Å². The van der Waals surface area contributed by atoms with Crippen molar-refractivity contribution in [1.82, 2.24) is 14.5 Å². The van der Waals surface area contributed by atoms with Gasteiger partial charge in [-0.2, -0.15) is 0 Å². The van der Waals surface area contributed by atoms with Gasteiger partial charge >= 0.3 is 0 Å². The fourth-order valence-corrected chi connectivity index (χ4v) is 2.40. The highest BCUT2D eigenvalue weighted by atomic mass is 15.2. The zero-order chi connectivity index (χ0) is 11.4. The lowest BCUT2D eigenvalue weighted by Crippen LogP contribution is -2.43. The third-order valence-corrected chi connectivity index (χ3v) is 3.52. The van der Waals surface area contributed by atoms with Crippen LogP contribution in [0.3, 0.4) is 0 Å². The number of nitrogens with two attached hydrogens (primary N) is 1. The summed E-state index contributed by atoms with van der Waals surface area (Å²) in [6, 6.07) is 0.330. The molecule has 1 aromatic heterocycles. The number of hydrogen-bond donors (Lipinski definition) is 1. The third-order valence-electron chi connectivity index (χ3n) is 3.52. The van der Waals surface area contributed by atoms with Crippen molar-refractivity contribution >= 4 is 0 Å². The highest BCUT2D eigenvalue weighted by Crippen LogP contribution is 2.18. The minimum atomic E-state index is 0.330. The van der Waals surface area contributed by atoms with Gasteiger partial charge in [0.1, 0.15) is 0 Å². The molecule has 2 N–H and O–H groups in total. The summed E-state index contributed by atoms with van der Waals surface area (Å²) in [4.78, 5) is 6.58. The SMILES string of the molecule is CC(N)C1CCCN(CCn2ccnc2)C1. The molecule has 0 spiro atoms. The van der Waals surface area contributed by atoms with Crippen LogP contribution in [0.2, 0.25) is 0 Å². The maximum Gasteiger partial charge on any atom is 0.0946 e. The molecule has 1 aromatic rings. The topological polar surface area (TPSA) is 47.1 Å². The fraction of sp³-hybridized carbons (Fsp3) is 0.750. The summed E-state index contributed by atoms with van der Waals surface area (Å²) in [6.07, 6.45) is 8.32. The Balaban J connectivity index is 1.77. The van der Waals surface area contributed by atoms with Crippen molar-refractivity contribution in [2.24, 2.45) is 11.7 Å². The van der Waals surface area contributed by atoms with Gasteiger partial charge in [-0.25, -0.2) is 4.98 Å². The molecule has 90 valence electrons. The Hall–Kier alpha value is -0.870. The standard InChI is InChI=1S/C12H22N4/c1-11(13)12-3-2-5-15(9-12)7-8-16-6-4-14-10-16/h4,6,10-12H,2-3,5,7-9,13H2,1H3. The molecule has 0 saturated carbocycles. The average molecular weight is 222 g/mol. The second-order valence-electron chi connectivity index (χ2n) is 4.86. The second kappa shape index (κ2) is 5.46. The fourth-order valence-electron chi connectivity index (χ4n) is 2.40. The largest absolute Gasteiger partial charge is 0.336 e. The van der Waals surface area contributed by atoms with E-state index < -0.39 is 0 Å². The van der Waals surface area contributed by atoms with Crippen LogP contribution in [0.5, 0.6) is 0 Å². The second-order valence-corrected chi connectivity index (χ2v) is 4.86. The Kier molecular flexibility index (Phi) is 3.96. The van der Waals surface area contributed by atoms with Crippen LogP contribution in [0.1, 0.15) is 19.8 Å². The minimum absolute atomic E-state index is 0.330. The zero-order valence-electron chi connectivity index (χ0n) is 10.0. The molecule has 0 aromatic carbocycles. The number of aromatic nitrogens is 2. The molecule has 2 rings (SSSR count). The summed E-state index contributed by atoms with van der Waals surface area (Å²) in [5.41, 5.74) is 5.98. The van der Waals surface area contributed by atoms with E-state index in [4.69, 9.17) is 5.73 Å². The van der Waals surface area contributed by atoms with Gasteiger partial charge in [0.15, 0.2) is 0 Å². The lowest BCUT2D eigenvalue weighted by molar-refractivity contribution is 0.156. The predicted octanol–water partition coefficient (Wildman–Crippen LogP) is 0.942. The summed E-state index contributed by atoms with van der Waals surface area (Å²) in [6.45, 7) is 6.65. The molecule has 0 amide bonds. The monoisotopic (exact) mass is 222 g/mol. The molecule has 1 aliphatic heterocycles. The van der Waals surface area contributed by atoms with Gasteiger partial charge in [-0.3, -0.25) is 0 Å². The molecule has 1 fully saturated rings. The molecule has 2 atom stereocenters. The summed E-state index contributed by atoms with van der Waals surface area (Å²) < 4.78 is 2.13. The van der Waals surface area contributed by atoms with Crippen LogP contribution in [-0.2, 0) is 6.54 Å². The Bertz CT molecular complexity index is 294. The van der Waals surface area contributed by atoms with Crippen LogP contribution >= 0.6 is 0 Å². The van der Waals surface area contributed by atoms with Crippen molar-refractivity contribution in [3.05, 3.63) is 18.7 Å². The smallest absolute Gasteiger partial charge is 0.0946 e. The molecule has 1 saturated heterocycles. The van der Waals surface area contributed by atoms with Gasteiger partial charge in [-0.15, -0.1) is 0 Å². The first-order valence-corrected chi connectivity index (χ1v) is 6.19. The first-order chi connectivity index (χ1) is 7.75. The van der Waals surface area contributed by atoms with E-state index in [1.54, 1.807) is 0 Å². The van der Waals surface area contributed by atoms with Crippen LogP contribution < -0.4 is 5.73 Å². The van der Waals surface area contributed by atoms with E-state index in [9.17, 15) is 0 Å². The summed E-state index contributed by atoms with van der Waals surface area (Å²) in [5, 5.41) is 0. The van der Waals surface area contributed by atoms with Crippen LogP contribution in [-0.4, -0.2) is 40.1 Å². The molecular formula is C12H22N4.